The molecule has 7 heteroatoms. The van der Waals surface area contributed by atoms with Crippen LogP contribution in [0.5, 0.6) is 0 Å². The monoisotopic (exact) mass is 387 g/mol. The molecule has 1 aromatic heterocycles. The Balaban J connectivity index is 1.66. The topological polar surface area (TPSA) is 84.6 Å². The molecule has 0 fully saturated rings. The summed E-state index contributed by atoms with van der Waals surface area (Å²) < 4.78 is 10.8. The summed E-state index contributed by atoms with van der Waals surface area (Å²) in [5, 5.41) is 10.6. The summed E-state index contributed by atoms with van der Waals surface area (Å²) in [4.78, 5) is 8.61. The highest BCUT2D eigenvalue weighted by molar-refractivity contribution is 5.79. The zero-order valence-corrected chi connectivity index (χ0v) is 17.3. The Labute approximate surface area is 168 Å². The number of unbranched alkanes of at least 4 members (excludes halogenated alkanes) is 1. The van der Waals surface area contributed by atoms with Crippen LogP contribution in [0.25, 0.3) is 11.5 Å². The maximum Gasteiger partial charge on any atom is 0.257 e. The number of hydrogen-bond acceptors (Lipinski definition) is 5. The average molecular weight is 388 g/mol. The van der Waals surface area contributed by atoms with E-state index >= 15 is 0 Å². The molecule has 0 unspecified atom stereocenters. The van der Waals surface area contributed by atoms with Crippen molar-refractivity contribution < 1.29 is 9.26 Å². The number of hydrogen-bond donors (Lipinski definition) is 2. The normalized spacial score (nSPS) is 11.6. The molecular formula is C21H33N5O2. The number of aliphatic imine (C=N–C) groups is 1. The van der Waals surface area contributed by atoms with Gasteiger partial charge in [-0.1, -0.05) is 37.6 Å². The number of benzene rings is 1. The molecule has 0 radical (unpaired) electrons. The quantitative estimate of drug-likeness (QED) is 0.330. The molecule has 0 atom stereocenters. The molecule has 0 amide bonds. The third kappa shape index (κ3) is 7.68. The van der Waals surface area contributed by atoms with Gasteiger partial charge in [-0.3, -0.25) is 4.99 Å². The number of nitrogens with one attached hydrogen (secondary N) is 2. The van der Waals surface area contributed by atoms with Crippen LogP contribution in [0.4, 0.5) is 0 Å². The average Bonchev–Trinajstić information content (AvgIpc) is 3.21. The van der Waals surface area contributed by atoms with E-state index in [-0.39, 0.29) is 0 Å². The SMILES string of the molecule is CCCCOCCCNC(=NC)NCCc1ccc(-c2nc(CC)no2)cc1. The zero-order valence-electron chi connectivity index (χ0n) is 17.3. The van der Waals surface area contributed by atoms with Gasteiger partial charge in [0, 0.05) is 45.3 Å². The van der Waals surface area contributed by atoms with Crippen LogP contribution in [-0.4, -0.2) is 49.5 Å². The molecule has 0 saturated heterocycles. The van der Waals surface area contributed by atoms with Gasteiger partial charge in [0.05, 0.1) is 0 Å². The number of nitrogens with zero attached hydrogens (tertiary/aromatic N) is 3. The molecule has 28 heavy (non-hydrogen) atoms. The van der Waals surface area contributed by atoms with Gasteiger partial charge in [-0.2, -0.15) is 4.98 Å². The van der Waals surface area contributed by atoms with Gasteiger partial charge >= 0.3 is 0 Å². The lowest BCUT2D eigenvalue weighted by molar-refractivity contribution is 0.129. The highest BCUT2D eigenvalue weighted by atomic mass is 16.5. The van der Waals surface area contributed by atoms with E-state index in [4.69, 9.17) is 9.26 Å². The van der Waals surface area contributed by atoms with E-state index in [1.807, 2.05) is 19.1 Å². The van der Waals surface area contributed by atoms with Gasteiger partial charge in [0.25, 0.3) is 5.89 Å². The summed E-state index contributed by atoms with van der Waals surface area (Å²) in [6.07, 6.45) is 4.96. The van der Waals surface area contributed by atoms with Crippen LogP contribution >= 0.6 is 0 Å². The largest absolute Gasteiger partial charge is 0.381 e. The van der Waals surface area contributed by atoms with Crippen molar-refractivity contribution in [3.05, 3.63) is 35.7 Å². The fourth-order valence-electron chi connectivity index (χ4n) is 2.60. The molecule has 154 valence electrons. The molecule has 0 aliphatic carbocycles. The third-order valence-electron chi connectivity index (χ3n) is 4.32. The van der Waals surface area contributed by atoms with E-state index in [0.717, 1.165) is 69.3 Å². The predicted molar refractivity (Wildman–Crippen MR) is 113 cm³/mol. The first-order chi connectivity index (χ1) is 13.8. The van der Waals surface area contributed by atoms with Crippen molar-refractivity contribution >= 4 is 5.96 Å². The fraction of sp³-hybridized carbons (Fsp3) is 0.571. The van der Waals surface area contributed by atoms with Crippen LogP contribution in [0.1, 0.15) is 44.5 Å². The summed E-state index contributed by atoms with van der Waals surface area (Å²) >= 11 is 0. The van der Waals surface area contributed by atoms with E-state index in [2.05, 4.69) is 44.8 Å². The van der Waals surface area contributed by atoms with Crippen molar-refractivity contribution in [2.75, 3.05) is 33.4 Å². The Hall–Kier alpha value is -2.41. The zero-order chi connectivity index (χ0) is 20.0. The van der Waals surface area contributed by atoms with E-state index in [9.17, 15) is 0 Å². The molecule has 0 bridgehead atoms. The van der Waals surface area contributed by atoms with Gasteiger partial charge in [0.1, 0.15) is 0 Å². The second-order valence-corrected chi connectivity index (χ2v) is 6.56. The number of aryl methyl sites for hydroxylation is 1. The van der Waals surface area contributed by atoms with Gasteiger partial charge in [0.2, 0.25) is 0 Å². The van der Waals surface area contributed by atoms with Crippen LogP contribution in [-0.2, 0) is 17.6 Å². The standard InChI is InChI=1S/C21H33N5O2/c1-4-6-15-27-16-7-13-23-21(22-3)24-14-12-17-8-10-18(11-9-17)20-25-19(5-2)26-28-20/h8-11H,4-7,12-16H2,1-3H3,(H2,22,23,24). The first kappa shape index (κ1) is 21.9. The number of guanidine groups is 1. The van der Waals surface area contributed by atoms with Gasteiger partial charge in [-0.25, -0.2) is 0 Å². The fourth-order valence-corrected chi connectivity index (χ4v) is 2.60. The Morgan fingerprint density at radius 3 is 2.50 bits per heavy atom. The van der Waals surface area contributed by atoms with Crippen LogP contribution in [0.15, 0.2) is 33.8 Å². The lowest BCUT2D eigenvalue weighted by Gasteiger charge is -2.12. The van der Waals surface area contributed by atoms with Crippen molar-refractivity contribution in [3.8, 4) is 11.5 Å². The second-order valence-electron chi connectivity index (χ2n) is 6.56. The summed E-state index contributed by atoms with van der Waals surface area (Å²) in [7, 11) is 1.79. The molecule has 2 N–H and O–H groups in total. The van der Waals surface area contributed by atoms with Crippen LogP contribution in [0, 0.1) is 0 Å². The number of aromatic nitrogens is 2. The molecule has 0 spiro atoms. The molecular weight excluding hydrogens is 354 g/mol. The van der Waals surface area contributed by atoms with Crippen molar-refractivity contribution in [2.24, 2.45) is 4.99 Å². The van der Waals surface area contributed by atoms with Crippen molar-refractivity contribution in [3.63, 3.8) is 0 Å². The van der Waals surface area contributed by atoms with Crippen LogP contribution < -0.4 is 10.6 Å². The Morgan fingerprint density at radius 1 is 1.07 bits per heavy atom. The van der Waals surface area contributed by atoms with Crippen molar-refractivity contribution in [2.45, 2.75) is 46.0 Å². The van der Waals surface area contributed by atoms with Gasteiger partial charge in [0.15, 0.2) is 11.8 Å². The van der Waals surface area contributed by atoms with E-state index < -0.39 is 0 Å². The lowest BCUT2D eigenvalue weighted by atomic mass is 10.1. The van der Waals surface area contributed by atoms with Gasteiger partial charge in [-0.05, 0) is 37.0 Å². The molecule has 0 aliphatic rings. The Morgan fingerprint density at radius 2 is 1.82 bits per heavy atom. The first-order valence-corrected chi connectivity index (χ1v) is 10.2. The minimum absolute atomic E-state index is 0.574. The molecule has 0 saturated carbocycles. The first-order valence-electron chi connectivity index (χ1n) is 10.2. The van der Waals surface area contributed by atoms with E-state index in [1.54, 1.807) is 7.05 Å². The predicted octanol–water partition coefficient (Wildman–Crippen LogP) is 3.21. The van der Waals surface area contributed by atoms with Crippen molar-refractivity contribution in [1.29, 1.82) is 0 Å². The molecule has 1 aromatic carbocycles. The third-order valence-corrected chi connectivity index (χ3v) is 4.32. The molecule has 2 rings (SSSR count). The molecule has 2 aromatic rings. The van der Waals surface area contributed by atoms with Crippen molar-refractivity contribution in [1.82, 2.24) is 20.8 Å². The van der Waals surface area contributed by atoms with Crippen LogP contribution in [0.3, 0.4) is 0 Å². The summed E-state index contributed by atoms with van der Waals surface area (Å²) in [5.74, 6) is 2.13. The van der Waals surface area contributed by atoms with Gasteiger partial charge < -0.3 is 19.9 Å². The maximum absolute atomic E-state index is 5.56. The molecule has 1 heterocycles. The minimum atomic E-state index is 0.574. The second kappa shape index (κ2) is 12.9. The minimum Gasteiger partial charge on any atom is -0.381 e. The summed E-state index contributed by atoms with van der Waals surface area (Å²) in [6.45, 7) is 7.49. The lowest BCUT2D eigenvalue weighted by Crippen LogP contribution is -2.39. The summed E-state index contributed by atoms with van der Waals surface area (Å²) in [6, 6.07) is 8.23. The maximum atomic E-state index is 5.56. The van der Waals surface area contributed by atoms with Crippen LogP contribution in [0.2, 0.25) is 0 Å². The number of ether oxygens (including phenoxy) is 1. The van der Waals surface area contributed by atoms with Gasteiger partial charge in [-0.15, -0.1) is 0 Å². The Kier molecular flexibility index (Phi) is 10.1. The Bertz CT molecular complexity index is 697. The highest BCUT2D eigenvalue weighted by Gasteiger charge is 2.07. The van der Waals surface area contributed by atoms with E-state index in [1.165, 1.54) is 12.0 Å². The smallest absolute Gasteiger partial charge is 0.257 e. The van der Waals surface area contributed by atoms with E-state index in [0.29, 0.717) is 5.89 Å². The number of rotatable bonds is 12. The summed E-state index contributed by atoms with van der Waals surface area (Å²) in [5.41, 5.74) is 2.19. The molecule has 7 nitrogen and oxygen atoms in total. The highest BCUT2D eigenvalue weighted by Crippen LogP contribution is 2.18. The molecule has 0 aliphatic heterocycles.